The van der Waals surface area contributed by atoms with Crippen molar-refractivity contribution in [3.05, 3.63) is 96.1 Å². The third-order valence-electron chi connectivity index (χ3n) is 7.81. The second-order valence-electron chi connectivity index (χ2n) is 10.4. The van der Waals surface area contributed by atoms with Gasteiger partial charge in [-0.25, -0.2) is 0 Å². The van der Waals surface area contributed by atoms with Crippen LogP contribution in [0.15, 0.2) is 94.9 Å². The van der Waals surface area contributed by atoms with E-state index in [4.69, 9.17) is 21.5 Å². The summed E-state index contributed by atoms with van der Waals surface area (Å²) >= 11 is -3.18. The Labute approximate surface area is 301 Å². The van der Waals surface area contributed by atoms with Crippen LogP contribution in [0.3, 0.4) is 0 Å². The molecule has 0 bridgehead atoms. The number of aliphatic imine (C=N–C) groups is 2. The Bertz CT molecular complexity index is 1470. The van der Waals surface area contributed by atoms with Gasteiger partial charge in [0.15, 0.2) is 0 Å². The van der Waals surface area contributed by atoms with Gasteiger partial charge in [0.25, 0.3) is 0 Å². The SMILES string of the molecule is Cl.Cl.Cl.Cl.NCC[S][Ge]([S]CCN)([N]1CCN=C1Cc1cccc2ccccc12)[N]1CCN=C1Cc1cccc2ccccc12. The van der Waals surface area contributed by atoms with E-state index in [0.29, 0.717) is 13.1 Å². The molecule has 0 radical (unpaired) electrons. The van der Waals surface area contributed by atoms with E-state index in [-0.39, 0.29) is 49.6 Å². The van der Waals surface area contributed by atoms with Crippen LogP contribution in [0.2, 0.25) is 0 Å². The van der Waals surface area contributed by atoms with Gasteiger partial charge in [-0.05, 0) is 0 Å². The number of benzene rings is 4. The van der Waals surface area contributed by atoms with Gasteiger partial charge in [-0.15, -0.1) is 49.6 Å². The van der Waals surface area contributed by atoms with Crippen LogP contribution in [-0.2, 0) is 12.8 Å². The monoisotopic (exact) mass is 788 g/mol. The standard InChI is InChI=1S/C32H38GeN6S2.4ClH/c34-15-21-40-33(41-22-16-35,38-19-17-36-31(38)23-27-11-5-9-25-7-1-3-13-29(25)27)39-20-18-37-32(39)24-28-12-6-10-26-8-2-4-14-30(26)28;;;;/h1-14H,15-24,34-35H2;4*1H. The molecule has 0 aromatic heterocycles. The van der Waals surface area contributed by atoms with Gasteiger partial charge in [-0.1, -0.05) is 0 Å². The molecule has 4 aromatic carbocycles. The van der Waals surface area contributed by atoms with E-state index < -0.39 is 11.4 Å². The fourth-order valence-electron chi connectivity index (χ4n) is 6.02. The maximum atomic E-state index is 6.18. The molecule has 4 aromatic rings. The summed E-state index contributed by atoms with van der Waals surface area (Å²) in [5.41, 5.74) is 15.0. The van der Waals surface area contributed by atoms with Gasteiger partial charge in [0, 0.05) is 0 Å². The Morgan fingerprint density at radius 1 is 0.578 bits per heavy atom. The topological polar surface area (TPSA) is 83.2 Å². The van der Waals surface area contributed by atoms with Crippen LogP contribution in [0.25, 0.3) is 21.5 Å². The van der Waals surface area contributed by atoms with Crippen molar-refractivity contribution in [1.29, 1.82) is 0 Å². The summed E-state index contributed by atoms with van der Waals surface area (Å²) in [7, 11) is 4.20. The minimum absolute atomic E-state index is 0. The molecule has 2 heterocycles. The molecule has 0 saturated heterocycles. The zero-order valence-corrected chi connectivity index (χ0v) is 32.0. The van der Waals surface area contributed by atoms with E-state index in [0.717, 1.165) is 50.5 Å². The van der Waals surface area contributed by atoms with E-state index in [2.05, 4.69) is 113 Å². The molecule has 0 fully saturated rings. The van der Waals surface area contributed by atoms with Crippen LogP contribution in [-0.4, -0.2) is 81.6 Å². The average Bonchev–Trinajstić information content (AvgIpc) is 3.68. The molecule has 13 heteroatoms. The molecule has 0 amide bonds. The first kappa shape index (κ1) is 39.8. The van der Waals surface area contributed by atoms with Crippen molar-refractivity contribution < 1.29 is 0 Å². The molecule has 0 aliphatic carbocycles. The number of nitrogens with two attached hydrogens (primary N) is 2. The van der Waals surface area contributed by atoms with Crippen molar-refractivity contribution in [1.82, 2.24) is 7.71 Å². The van der Waals surface area contributed by atoms with E-state index in [1.807, 2.05) is 0 Å². The van der Waals surface area contributed by atoms with Crippen LogP contribution in [0.4, 0.5) is 0 Å². The van der Waals surface area contributed by atoms with Crippen LogP contribution >= 0.6 is 69.8 Å². The molecule has 6 nitrogen and oxygen atoms in total. The van der Waals surface area contributed by atoms with E-state index in [9.17, 15) is 0 Å². The zero-order valence-electron chi connectivity index (χ0n) is 25.0. The Morgan fingerprint density at radius 3 is 1.40 bits per heavy atom. The van der Waals surface area contributed by atoms with E-state index in [1.54, 1.807) is 0 Å². The first-order valence-corrected chi connectivity index (χ1v) is 23.5. The van der Waals surface area contributed by atoms with Gasteiger partial charge in [-0.2, -0.15) is 0 Å². The molecular weight excluding hydrogens is 747 g/mol. The minimum atomic E-state index is -3.18. The number of nitrogens with zero attached hydrogens (tertiary/aromatic N) is 4. The number of fused-ring (bicyclic) bond motifs is 2. The van der Waals surface area contributed by atoms with Crippen molar-refractivity contribution in [2.45, 2.75) is 12.8 Å². The van der Waals surface area contributed by atoms with Gasteiger partial charge in [-0.3, -0.25) is 0 Å². The summed E-state index contributed by atoms with van der Waals surface area (Å²) in [6, 6.07) is 30.6. The van der Waals surface area contributed by atoms with Gasteiger partial charge < -0.3 is 0 Å². The molecule has 0 atom stereocenters. The van der Waals surface area contributed by atoms with Gasteiger partial charge >= 0.3 is 254 Å². The van der Waals surface area contributed by atoms with E-state index >= 15 is 0 Å². The fourth-order valence-corrected chi connectivity index (χ4v) is 29.0. The van der Waals surface area contributed by atoms with Gasteiger partial charge in [0.05, 0.1) is 0 Å². The summed E-state index contributed by atoms with van der Waals surface area (Å²) in [4.78, 5) is 10.3. The first-order chi connectivity index (χ1) is 20.2. The van der Waals surface area contributed by atoms with Crippen molar-refractivity contribution in [3.8, 4) is 0 Å². The molecule has 0 spiro atoms. The average molecular weight is 789 g/mol. The third kappa shape index (κ3) is 8.58. The summed E-state index contributed by atoms with van der Waals surface area (Å²) < 4.78 is 5.46. The molecule has 2 aliphatic rings. The molecule has 6 rings (SSSR count). The van der Waals surface area contributed by atoms with Crippen molar-refractivity contribution in [3.63, 3.8) is 0 Å². The third-order valence-corrected chi connectivity index (χ3v) is 29.9. The molecule has 244 valence electrons. The Kier molecular flexibility index (Phi) is 16.7. The van der Waals surface area contributed by atoms with E-state index in [1.165, 1.54) is 44.3 Å². The molecule has 45 heavy (non-hydrogen) atoms. The van der Waals surface area contributed by atoms with Crippen molar-refractivity contribution in [2.24, 2.45) is 21.5 Å². The summed E-state index contributed by atoms with van der Waals surface area (Å²) in [6.07, 6.45) is 1.68. The molecule has 4 N–H and O–H groups in total. The number of amidine groups is 2. The van der Waals surface area contributed by atoms with Crippen LogP contribution in [0.5, 0.6) is 0 Å². The summed E-state index contributed by atoms with van der Waals surface area (Å²) in [5.74, 6) is 4.28. The number of hydrogen-bond donors (Lipinski definition) is 2. The predicted molar refractivity (Wildman–Crippen MR) is 211 cm³/mol. The Balaban J connectivity index is 0.00000176. The summed E-state index contributed by atoms with van der Waals surface area (Å²) in [6.45, 7) is 4.90. The maximum absolute atomic E-state index is 6.18. The predicted octanol–water partition coefficient (Wildman–Crippen LogP) is 6.71. The van der Waals surface area contributed by atoms with Crippen LogP contribution < -0.4 is 11.5 Å². The molecule has 0 saturated carbocycles. The van der Waals surface area contributed by atoms with Crippen LogP contribution in [0.1, 0.15) is 11.1 Å². The van der Waals surface area contributed by atoms with Gasteiger partial charge in [0.2, 0.25) is 0 Å². The summed E-state index contributed by atoms with van der Waals surface area (Å²) in [5, 5.41) is 5.18. The number of hydrogen-bond acceptors (Lipinski definition) is 8. The molecule has 2 aliphatic heterocycles. The number of halogens is 4. The second-order valence-corrected chi connectivity index (χ2v) is 27.2. The normalized spacial score (nSPS) is 14.3. The number of rotatable bonds is 12. The Hall–Kier alpha value is -1.34. The first-order valence-electron chi connectivity index (χ1n) is 14.5. The Morgan fingerprint density at radius 2 is 0.978 bits per heavy atom. The second kappa shape index (κ2) is 18.9. The van der Waals surface area contributed by atoms with Gasteiger partial charge in [0.1, 0.15) is 0 Å². The van der Waals surface area contributed by atoms with Crippen molar-refractivity contribution in [2.75, 3.05) is 50.8 Å². The quantitative estimate of drug-likeness (QED) is 0.156. The molecule has 0 unspecified atom stereocenters. The molecular formula is C32H42Cl4GeN6S2. The zero-order chi connectivity index (χ0) is 28.1. The van der Waals surface area contributed by atoms with Crippen molar-refractivity contribution >= 4 is 114 Å². The fraction of sp³-hybridized carbons (Fsp3) is 0.312. The van der Waals surface area contributed by atoms with Crippen LogP contribution in [0, 0.1) is 0 Å².